The molecular formula is C26H30N4O3. The molecule has 0 bridgehead atoms. The number of benzene rings is 1. The lowest BCUT2D eigenvalue weighted by atomic mass is 10.0. The molecule has 2 saturated heterocycles. The summed E-state index contributed by atoms with van der Waals surface area (Å²) in [6.45, 7) is 11.3. The highest BCUT2D eigenvalue weighted by Gasteiger charge is 2.36. The van der Waals surface area contributed by atoms with Gasteiger partial charge in [0.1, 0.15) is 11.9 Å². The number of carbonyl (C=O) groups is 2. The minimum absolute atomic E-state index is 0.00658. The van der Waals surface area contributed by atoms with Gasteiger partial charge in [0.05, 0.1) is 6.04 Å². The van der Waals surface area contributed by atoms with Crippen molar-refractivity contribution in [3.05, 3.63) is 70.7 Å². The van der Waals surface area contributed by atoms with Crippen molar-refractivity contribution in [1.82, 2.24) is 20.1 Å². The molecule has 5 rings (SSSR count). The molecule has 1 unspecified atom stereocenters. The smallest absolute Gasteiger partial charge is 0.255 e. The van der Waals surface area contributed by atoms with Crippen LogP contribution in [0.2, 0.25) is 0 Å². The maximum absolute atomic E-state index is 13.0. The molecule has 1 aromatic heterocycles. The van der Waals surface area contributed by atoms with Gasteiger partial charge < -0.3 is 15.0 Å². The third kappa shape index (κ3) is 4.37. The predicted octanol–water partition coefficient (Wildman–Crippen LogP) is 3.10. The molecule has 2 aromatic rings. The number of piperidine rings is 1. The van der Waals surface area contributed by atoms with Gasteiger partial charge in [0.25, 0.3) is 5.91 Å². The summed E-state index contributed by atoms with van der Waals surface area (Å²) in [7, 11) is 0. The van der Waals surface area contributed by atoms with Crippen molar-refractivity contribution >= 4 is 11.8 Å². The molecule has 0 aliphatic carbocycles. The molecule has 172 valence electrons. The molecule has 7 nitrogen and oxygen atoms in total. The molecule has 2 amide bonds. The van der Waals surface area contributed by atoms with Gasteiger partial charge in [-0.05, 0) is 61.6 Å². The lowest BCUT2D eigenvalue weighted by molar-refractivity contribution is -0.121. The second kappa shape index (κ2) is 8.63. The Morgan fingerprint density at radius 2 is 2.06 bits per heavy atom. The molecule has 1 N–H and O–H groups in total. The van der Waals surface area contributed by atoms with Crippen molar-refractivity contribution in [2.24, 2.45) is 0 Å². The van der Waals surface area contributed by atoms with E-state index in [0.29, 0.717) is 30.6 Å². The van der Waals surface area contributed by atoms with E-state index in [9.17, 15) is 9.59 Å². The second-order valence-corrected chi connectivity index (χ2v) is 9.39. The van der Waals surface area contributed by atoms with Crippen molar-refractivity contribution in [1.29, 1.82) is 0 Å². The highest BCUT2D eigenvalue weighted by atomic mass is 16.5. The van der Waals surface area contributed by atoms with E-state index in [0.717, 1.165) is 43.1 Å². The number of rotatable bonds is 5. The van der Waals surface area contributed by atoms with E-state index >= 15 is 0 Å². The summed E-state index contributed by atoms with van der Waals surface area (Å²) in [6, 6.07) is 7.81. The average Bonchev–Trinajstić information content (AvgIpc) is 3.34. The Labute approximate surface area is 194 Å². The maximum Gasteiger partial charge on any atom is 0.255 e. The number of aromatic nitrogens is 1. The van der Waals surface area contributed by atoms with Gasteiger partial charge in [0, 0.05) is 55.8 Å². The standard InChI is InChI=1S/C26H30N4O3/c1-16-10-19(12-27-17(16)2)13-29-9-8-22(15-29)33-21-4-5-23-20(11-21)14-30(26(23)32)24-6-7-25(31)28-18(24)3/h4-5,10-12,22,24H,3,6-9,13-15H2,1-2H3,(H,28,31)/t22-,24?/m0/s1. The molecule has 7 heteroatoms. The van der Waals surface area contributed by atoms with Gasteiger partial charge in [-0.1, -0.05) is 12.6 Å². The first-order valence-corrected chi connectivity index (χ1v) is 11.6. The van der Waals surface area contributed by atoms with Gasteiger partial charge in [0.2, 0.25) is 5.91 Å². The summed E-state index contributed by atoms with van der Waals surface area (Å²) in [5.41, 5.74) is 5.82. The highest BCUT2D eigenvalue weighted by Crippen LogP contribution is 2.32. The summed E-state index contributed by atoms with van der Waals surface area (Å²) < 4.78 is 6.30. The zero-order chi connectivity index (χ0) is 23.1. The fraction of sp³-hybridized carbons (Fsp3) is 0.423. The third-order valence-corrected chi connectivity index (χ3v) is 6.97. The minimum atomic E-state index is -0.157. The lowest BCUT2D eigenvalue weighted by Crippen LogP contribution is -2.45. The molecule has 33 heavy (non-hydrogen) atoms. The van der Waals surface area contributed by atoms with Crippen LogP contribution < -0.4 is 10.1 Å². The Balaban J connectivity index is 1.20. The van der Waals surface area contributed by atoms with Crippen molar-refractivity contribution < 1.29 is 14.3 Å². The number of nitrogens with one attached hydrogen (secondary N) is 1. The van der Waals surface area contributed by atoms with Crippen molar-refractivity contribution in [3.8, 4) is 5.75 Å². The van der Waals surface area contributed by atoms with E-state index in [4.69, 9.17) is 4.74 Å². The van der Waals surface area contributed by atoms with Crippen LogP contribution >= 0.6 is 0 Å². The zero-order valence-corrected chi connectivity index (χ0v) is 19.3. The van der Waals surface area contributed by atoms with Crippen LogP contribution in [0.1, 0.15) is 52.0 Å². The van der Waals surface area contributed by atoms with Gasteiger partial charge in [-0.2, -0.15) is 0 Å². The number of pyridine rings is 1. The first kappa shape index (κ1) is 21.6. The van der Waals surface area contributed by atoms with Gasteiger partial charge in [-0.3, -0.25) is 19.5 Å². The van der Waals surface area contributed by atoms with Gasteiger partial charge in [0.15, 0.2) is 0 Å². The third-order valence-electron chi connectivity index (χ3n) is 6.97. The molecule has 4 heterocycles. The molecular weight excluding hydrogens is 416 g/mol. The van der Waals surface area contributed by atoms with E-state index in [-0.39, 0.29) is 24.0 Å². The van der Waals surface area contributed by atoms with Crippen LogP contribution in [0.5, 0.6) is 5.75 Å². The molecule has 3 aliphatic rings. The number of fused-ring (bicyclic) bond motifs is 1. The molecule has 3 aliphatic heterocycles. The van der Waals surface area contributed by atoms with E-state index in [1.807, 2.05) is 36.2 Å². The van der Waals surface area contributed by atoms with E-state index in [2.05, 4.69) is 34.8 Å². The Bertz CT molecular complexity index is 1130. The molecule has 0 saturated carbocycles. The second-order valence-electron chi connectivity index (χ2n) is 9.39. The maximum atomic E-state index is 13.0. The molecule has 0 spiro atoms. The van der Waals surface area contributed by atoms with E-state index in [1.54, 1.807) is 0 Å². The van der Waals surface area contributed by atoms with Crippen molar-refractivity contribution in [2.75, 3.05) is 13.1 Å². The van der Waals surface area contributed by atoms with Crippen LogP contribution in [0.3, 0.4) is 0 Å². The Morgan fingerprint density at radius 1 is 1.21 bits per heavy atom. The SMILES string of the molecule is C=C1NC(=O)CCC1N1Cc2cc(O[C@H]3CCN(Cc4cnc(C)c(C)c4)C3)ccc2C1=O. The number of carbonyl (C=O) groups excluding carboxylic acids is 2. The zero-order valence-electron chi connectivity index (χ0n) is 19.3. The monoisotopic (exact) mass is 446 g/mol. The molecule has 2 atom stereocenters. The fourth-order valence-corrected chi connectivity index (χ4v) is 5.03. The normalized spacial score (nSPS) is 23.1. The van der Waals surface area contributed by atoms with Crippen LogP contribution in [0, 0.1) is 13.8 Å². The van der Waals surface area contributed by atoms with Crippen LogP contribution in [-0.4, -0.2) is 51.8 Å². The quantitative estimate of drug-likeness (QED) is 0.764. The van der Waals surface area contributed by atoms with Gasteiger partial charge >= 0.3 is 0 Å². The summed E-state index contributed by atoms with van der Waals surface area (Å²) in [4.78, 5) is 33.2. The number of nitrogens with zero attached hydrogens (tertiary/aromatic N) is 3. The summed E-state index contributed by atoms with van der Waals surface area (Å²) in [6.07, 6.45) is 4.09. The van der Waals surface area contributed by atoms with Crippen LogP contribution in [0.25, 0.3) is 0 Å². The largest absolute Gasteiger partial charge is 0.489 e. The number of amides is 2. The molecule has 1 aromatic carbocycles. The number of hydrogen-bond acceptors (Lipinski definition) is 5. The van der Waals surface area contributed by atoms with E-state index < -0.39 is 0 Å². The highest BCUT2D eigenvalue weighted by molar-refractivity contribution is 5.99. The number of hydrogen-bond donors (Lipinski definition) is 1. The summed E-state index contributed by atoms with van der Waals surface area (Å²) in [5.74, 6) is 0.766. The lowest BCUT2D eigenvalue weighted by Gasteiger charge is -2.32. The van der Waals surface area contributed by atoms with Crippen molar-refractivity contribution in [3.63, 3.8) is 0 Å². The van der Waals surface area contributed by atoms with Crippen LogP contribution in [0.15, 0.2) is 42.7 Å². The van der Waals surface area contributed by atoms with E-state index in [1.165, 1.54) is 11.1 Å². The van der Waals surface area contributed by atoms with Gasteiger partial charge in [-0.15, -0.1) is 0 Å². The Morgan fingerprint density at radius 3 is 2.85 bits per heavy atom. The first-order chi connectivity index (χ1) is 15.9. The first-order valence-electron chi connectivity index (χ1n) is 11.6. The average molecular weight is 447 g/mol. The van der Waals surface area contributed by atoms with Crippen molar-refractivity contribution in [2.45, 2.75) is 58.3 Å². The summed E-state index contributed by atoms with van der Waals surface area (Å²) >= 11 is 0. The Hall–Kier alpha value is -3.19. The minimum Gasteiger partial charge on any atom is -0.489 e. The molecule has 0 radical (unpaired) electrons. The molecule has 2 fully saturated rings. The number of likely N-dealkylation sites (tertiary alicyclic amines) is 1. The number of ether oxygens (including phenoxy) is 1. The topological polar surface area (TPSA) is 74.8 Å². The van der Waals surface area contributed by atoms with Crippen LogP contribution in [-0.2, 0) is 17.9 Å². The Kier molecular flexibility index (Phi) is 5.66. The number of aryl methyl sites for hydroxylation is 2. The van der Waals surface area contributed by atoms with Gasteiger partial charge in [-0.25, -0.2) is 0 Å². The summed E-state index contributed by atoms with van der Waals surface area (Å²) in [5, 5.41) is 2.78. The fourth-order valence-electron chi connectivity index (χ4n) is 5.03. The predicted molar refractivity (Wildman–Crippen MR) is 125 cm³/mol. The van der Waals surface area contributed by atoms with Crippen LogP contribution in [0.4, 0.5) is 0 Å².